The Bertz CT molecular complexity index is 431. The summed E-state index contributed by atoms with van der Waals surface area (Å²) in [7, 11) is -3.70. The zero-order chi connectivity index (χ0) is 12.3. The molecule has 1 rings (SSSR count). The van der Waals surface area contributed by atoms with Crippen LogP contribution >= 0.6 is 88.1 Å². The van der Waals surface area contributed by atoms with Gasteiger partial charge in [-0.25, -0.2) is 4.57 Å². The molecule has 0 unspecified atom stereocenters. The van der Waals surface area contributed by atoms with Gasteiger partial charge in [-0.3, -0.25) is 0 Å². The highest BCUT2D eigenvalue weighted by Crippen LogP contribution is 2.55. The summed E-state index contributed by atoms with van der Waals surface area (Å²) in [5.74, 6) is 0.303. The van der Waals surface area contributed by atoms with Gasteiger partial charge in [0.05, 0.1) is 4.47 Å². The molecule has 0 heterocycles. The Labute approximate surface area is 134 Å². The first-order valence-electron chi connectivity index (χ1n) is 3.47. The van der Waals surface area contributed by atoms with E-state index in [1.54, 1.807) is 12.1 Å². The summed E-state index contributed by atoms with van der Waals surface area (Å²) in [6, 6.07) is 3.32. The summed E-state index contributed by atoms with van der Waals surface area (Å²) >= 11 is 15.0. The third-order valence-electron chi connectivity index (χ3n) is 1.38. The smallest absolute Gasteiger partial charge is 0.402 e. The highest BCUT2D eigenvalue weighted by atomic mass is 79.9. The molecule has 0 aliphatic rings. The fourth-order valence-electron chi connectivity index (χ4n) is 0.738. The maximum atomic E-state index is 11.7. The van der Waals surface area contributed by atoms with Gasteiger partial charge in [-0.2, -0.15) is 7.23 Å². The van der Waals surface area contributed by atoms with E-state index in [0.29, 0.717) is 10.2 Å². The van der Waals surface area contributed by atoms with Crippen LogP contribution in [0.2, 0.25) is 0 Å². The second-order valence-electron chi connectivity index (χ2n) is 2.35. The van der Waals surface area contributed by atoms with E-state index in [9.17, 15) is 4.57 Å². The lowest BCUT2D eigenvalue weighted by Gasteiger charge is -2.13. The summed E-state index contributed by atoms with van der Waals surface area (Å²) in [5.41, 5.74) is 0. The lowest BCUT2D eigenvalue weighted by Crippen LogP contribution is -1.93. The van der Waals surface area contributed by atoms with Gasteiger partial charge in [-0.05, 0) is 59.9 Å². The monoisotopic (exact) mass is 564 g/mol. The van der Waals surface area contributed by atoms with E-state index in [1.807, 2.05) is 0 Å². The first kappa shape index (κ1) is 15.6. The van der Waals surface area contributed by atoms with Crippen molar-refractivity contribution < 1.29 is 16.3 Å². The Morgan fingerprint density at radius 3 is 2.06 bits per heavy atom. The van der Waals surface area contributed by atoms with Crippen molar-refractivity contribution >= 4 is 88.1 Å². The average Bonchev–Trinajstić information content (AvgIpc) is 2.30. The molecule has 0 amide bonds. The van der Waals surface area contributed by atoms with Crippen molar-refractivity contribution in [1.82, 2.24) is 0 Å². The number of hydrogen-bond donors (Lipinski definition) is 0. The van der Waals surface area contributed by atoms with Crippen LogP contribution in [-0.2, 0) is 11.8 Å². The molecule has 0 aliphatic carbocycles. The van der Waals surface area contributed by atoms with Gasteiger partial charge in [-0.15, -0.1) is 0 Å². The summed E-state index contributed by atoms with van der Waals surface area (Å²) in [6.45, 7) is 0. The Morgan fingerprint density at radius 2 is 1.56 bits per heavy atom. The van der Waals surface area contributed by atoms with Crippen molar-refractivity contribution in [3.8, 4) is 5.75 Å². The van der Waals surface area contributed by atoms with Crippen LogP contribution in [0.4, 0.5) is 0 Å². The van der Waals surface area contributed by atoms with Gasteiger partial charge < -0.3 is 4.52 Å². The second kappa shape index (κ2) is 6.65. The number of halogens is 5. The predicted molar refractivity (Wildman–Crippen MR) is 77.8 cm³/mol. The van der Waals surface area contributed by atoms with Crippen LogP contribution in [0.3, 0.4) is 0 Å². The quantitative estimate of drug-likeness (QED) is 0.325. The van der Waals surface area contributed by atoms with E-state index < -0.39 is 7.82 Å². The predicted octanol–water partition coefficient (Wildman–Crippen LogP) is 6.11. The van der Waals surface area contributed by atoms with Gasteiger partial charge in [0.15, 0.2) is 0 Å². The Morgan fingerprint density at radius 1 is 1.00 bits per heavy atom. The van der Waals surface area contributed by atoms with Gasteiger partial charge in [0.25, 0.3) is 0 Å². The first-order valence-corrected chi connectivity index (χ1v) is 8.61. The lowest BCUT2D eigenvalue weighted by molar-refractivity contribution is 0.341. The van der Waals surface area contributed by atoms with E-state index >= 15 is 0 Å². The zero-order valence-electron chi connectivity index (χ0n) is 7.12. The maximum Gasteiger partial charge on any atom is 0.552 e. The summed E-state index contributed by atoms with van der Waals surface area (Å²) in [6.07, 6.45) is 0. The van der Waals surface area contributed by atoms with Gasteiger partial charge in [0.1, 0.15) is 38.3 Å². The number of benzene rings is 1. The van der Waals surface area contributed by atoms with E-state index in [1.165, 1.54) is 0 Å². The van der Waals surface area contributed by atoms with E-state index in [-0.39, 0.29) is 0 Å². The standard InChI is InChI=1S/C6H2Br5O4P/c7-3-1-2-4(6(9)5(3)8)13-16(12,14-10)15-11/h1-2H. The minimum Gasteiger partial charge on any atom is -0.402 e. The van der Waals surface area contributed by atoms with Crippen molar-refractivity contribution in [2.75, 3.05) is 0 Å². The van der Waals surface area contributed by atoms with Crippen LogP contribution in [0.15, 0.2) is 25.6 Å². The van der Waals surface area contributed by atoms with Crippen LogP contribution in [-0.4, -0.2) is 0 Å². The SMILES string of the molecule is O=P(OBr)(OBr)Oc1ccc(Br)c(Br)c1Br. The van der Waals surface area contributed by atoms with Gasteiger partial charge >= 0.3 is 7.82 Å². The van der Waals surface area contributed by atoms with Crippen molar-refractivity contribution in [2.45, 2.75) is 0 Å². The second-order valence-corrected chi connectivity index (χ2v) is 7.88. The molecule has 0 radical (unpaired) electrons. The largest absolute Gasteiger partial charge is 0.552 e. The molecule has 90 valence electrons. The summed E-state index contributed by atoms with van der Waals surface area (Å²) < 4.78 is 27.8. The molecule has 0 spiro atoms. The first-order chi connectivity index (χ1) is 7.43. The molecule has 10 heteroatoms. The molecule has 1 aromatic rings. The number of rotatable bonds is 4. The molecule has 0 fully saturated rings. The molecule has 1 aromatic carbocycles. The van der Waals surface area contributed by atoms with Crippen molar-refractivity contribution in [3.63, 3.8) is 0 Å². The molecule has 0 bridgehead atoms. The topological polar surface area (TPSA) is 44.8 Å². The molecule has 4 nitrogen and oxygen atoms in total. The molecule has 0 saturated carbocycles. The lowest BCUT2D eigenvalue weighted by atomic mass is 10.3. The fraction of sp³-hybridized carbons (Fsp3) is 0. The van der Waals surface area contributed by atoms with Crippen LogP contribution < -0.4 is 4.52 Å². The van der Waals surface area contributed by atoms with E-state index in [2.05, 4.69) is 87.5 Å². The number of hydrogen-bond acceptors (Lipinski definition) is 4. The Kier molecular flexibility index (Phi) is 6.50. The van der Waals surface area contributed by atoms with Crippen molar-refractivity contribution in [1.29, 1.82) is 0 Å². The summed E-state index contributed by atoms with van der Waals surface area (Å²) in [4.78, 5) is 0. The third-order valence-corrected chi connectivity index (χ3v) is 7.60. The van der Waals surface area contributed by atoms with Crippen molar-refractivity contribution in [3.05, 3.63) is 25.6 Å². The van der Waals surface area contributed by atoms with Crippen LogP contribution in [0.5, 0.6) is 5.75 Å². The molecule has 0 atom stereocenters. The summed E-state index contributed by atoms with van der Waals surface area (Å²) in [5, 5.41) is 0. The number of phosphoric acid groups is 1. The molecule has 16 heavy (non-hydrogen) atoms. The highest BCUT2D eigenvalue weighted by molar-refractivity contribution is 9.14. The Balaban J connectivity index is 3.08. The molecule has 0 N–H and O–H groups in total. The molecular formula is C6H2Br5O4P. The van der Waals surface area contributed by atoms with Crippen molar-refractivity contribution in [2.24, 2.45) is 0 Å². The highest BCUT2D eigenvalue weighted by Gasteiger charge is 2.29. The van der Waals surface area contributed by atoms with Crippen LogP contribution in [0.1, 0.15) is 0 Å². The van der Waals surface area contributed by atoms with Crippen LogP contribution in [0.25, 0.3) is 0 Å². The van der Waals surface area contributed by atoms with Gasteiger partial charge in [0, 0.05) is 8.95 Å². The van der Waals surface area contributed by atoms with Gasteiger partial charge in [-0.1, -0.05) is 0 Å². The maximum absolute atomic E-state index is 11.7. The molecule has 0 aromatic heterocycles. The van der Waals surface area contributed by atoms with E-state index in [0.717, 1.165) is 8.95 Å². The minimum absolute atomic E-state index is 0.303. The Hall–Kier alpha value is 1.57. The molecule has 0 aliphatic heterocycles. The minimum atomic E-state index is -3.70. The molecular weight excluding hydrogens is 567 g/mol. The zero-order valence-corrected chi connectivity index (χ0v) is 15.9. The third kappa shape index (κ3) is 3.78. The van der Waals surface area contributed by atoms with E-state index in [4.69, 9.17) is 4.52 Å². The average molecular weight is 569 g/mol. The van der Waals surface area contributed by atoms with Gasteiger partial charge in [0.2, 0.25) is 0 Å². The van der Waals surface area contributed by atoms with Crippen LogP contribution in [0, 0.1) is 0 Å². The fourth-order valence-corrected chi connectivity index (χ4v) is 3.87. The molecule has 0 saturated heterocycles. The normalized spacial score (nSPS) is 11.6.